The molecule has 2 aromatic rings. The summed E-state index contributed by atoms with van der Waals surface area (Å²) in [5, 5.41) is 9.86. The fourth-order valence-corrected chi connectivity index (χ4v) is 4.05. The van der Waals surface area contributed by atoms with Gasteiger partial charge in [-0.2, -0.15) is 5.10 Å². The highest BCUT2D eigenvalue weighted by Crippen LogP contribution is 2.39. The first kappa shape index (κ1) is 20.1. The van der Waals surface area contributed by atoms with Gasteiger partial charge in [0.15, 0.2) is 0 Å². The summed E-state index contributed by atoms with van der Waals surface area (Å²) in [5.74, 6) is -0.219. The Kier molecular flexibility index (Phi) is 5.99. The number of hydrogen-bond acceptors (Lipinski definition) is 4. The zero-order valence-corrected chi connectivity index (χ0v) is 17.8. The Hall–Kier alpha value is -2.21. The van der Waals surface area contributed by atoms with Gasteiger partial charge < -0.3 is 0 Å². The average Bonchev–Trinajstić information content (AvgIpc) is 3.14. The SMILES string of the molecule is O=C(NN1C=CCCC1)C1=NN(c2ccc(Cl)cc2Cl)C(c2ccc(Cl)cc2)C1. The molecule has 2 aliphatic rings. The van der Waals surface area contributed by atoms with Crippen molar-refractivity contribution in [3.8, 4) is 0 Å². The molecule has 5 nitrogen and oxygen atoms in total. The van der Waals surface area contributed by atoms with Crippen molar-refractivity contribution < 1.29 is 4.79 Å². The number of halogens is 3. The van der Waals surface area contributed by atoms with Crippen LogP contribution in [0, 0.1) is 0 Å². The van der Waals surface area contributed by atoms with Gasteiger partial charge in [0.25, 0.3) is 5.91 Å². The number of carbonyl (C=O) groups excluding carboxylic acids is 1. The number of nitrogens with zero attached hydrogens (tertiary/aromatic N) is 3. The van der Waals surface area contributed by atoms with E-state index in [4.69, 9.17) is 34.8 Å². The van der Waals surface area contributed by atoms with Crippen molar-refractivity contribution in [3.05, 3.63) is 75.4 Å². The minimum atomic E-state index is -0.219. The first-order chi connectivity index (χ1) is 14.0. The van der Waals surface area contributed by atoms with Gasteiger partial charge in [0.2, 0.25) is 0 Å². The second-order valence-corrected chi connectivity index (χ2v) is 8.20. The molecule has 0 bridgehead atoms. The Balaban J connectivity index is 1.64. The first-order valence-corrected chi connectivity index (χ1v) is 10.5. The van der Waals surface area contributed by atoms with Crippen LogP contribution in [0.25, 0.3) is 0 Å². The fraction of sp³-hybridized carbons (Fsp3) is 0.238. The molecule has 1 unspecified atom stereocenters. The van der Waals surface area contributed by atoms with Gasteiger partial charge in [0.1, 0.15) is 5.71 Å². The minimum Gasteiger partial charge on any atom is -0.293 e. The number of rotatable bonds is 4. The molecular weight excluding hydrogens is 431 g/mol. The maximum atomic E-state index is 12.8. The molecule has 0 aliphatic carbocycles. The topological polar surface area (TPSA) is 47.9 Å². The Morgan fingerprint density at radius 3 is 2.52 bits per heavy atom. The van der Waals surface area contributed by atoms with Crippen LogP contribution in [0.2, 0.25) is 15.1 Å². The molecule has 0 saturated heterocycles. The van der Waals surface area contributed by atoms with Crippen molar-refractivity contribution in [2.75, 3.05) is 11.6 Å². The summed E-state index contributed by atoms with van der Waals surface area (Å²) in [6.07, 6.45) is 6.40. The van der Waals surface area contributed by atoms with E-state index in [1.807, 2.05) is 42.6 Å². The molecule has 0 saturated carbocycles. The predicted octanol–water partition coefficient (Wildman–Crippen LogP) is 5.59. The van der Waals surface area contributed by atoms with Gasteiger partial charge in [0, 0.05) is 29.2 Å². The average molecular weight is 450 g/mol. The third-order valence-electron chi connectivity index (χ3n) is 4.88. The lowest BCUT2D eigenvalue weighted by Crippen LogP contribution is -2.43. The largest absolute Gasteiger partial charge is 0.293 e. The molecule has 0 spiro atoms. The molecule has 8 heteroatoms. The molecule has 150 valence electrons. The highest BCUT2D eigenvalue weighted by molar-refractivity contribution is 6.40. The molecule has 1 atom stereocenters. The smallest absolute Gasteiger partial charge is 0.286 e. The lowest BCUT2D eigenvalue weighted by atomic mass is 10.0. The lowest BCUT2D eigenvalue weighted by molar-refractivity contribution is -0.118. The van der Waals surface area contributed by atoms with Crippen molar-refractivity contribution in [1.29, 1.82) is 0 Å². The number of amides is 1. The number of benzene rings is 2. The summed E-state index contributed by atoms with van der Waals surface area (Å²) in [6, 6.07) is 12.6. The number of allylic oxidation sites excluding steroid dienone is 1. The van der Waals surface area contributed by atoms with Crippen molar-refractivity contribution in [3.63, 3.8) is 0 Å². The Bertz CT molecular complexity index is 974. The maximum Gasteiger partial charge on any atom is 0.286 e. The van der Waals surface area contributed by atoms with E-state index in [-0.39, 0.29) is 11.9 Å². The van der Waals surface area contributed by atoms with E-state index in [0.717, 1.165) is 24.9 Å². The summed E-state index contributed by atoms with van der Waals surface area (Å²) in [6.45, 7) is 0.781. The summed E-state index contributed by atoms with van der Waals surface area (Å²) < 4.78 is 0. The Morgan fingerprint density at radius 1 is 1.07 bits per heavy atom. The van der Waals surface area contributed by atoms with E-state index in [9.17, 15) is 4.79 Å². The molecule has 29 heavy (non-hydrogen) atoms. The number of hydrazone groups is 1. The highest BCUT2D eigenvalue weighted by Gasteiger charge is 2.33. The van der Waals surface area contributed by atoms with E-state index in [1.54, 1.807) is 22.2 Å². The van der Waals surface area contributed by atoms with Crippen molar-refractivity contribution in [2.24, 2.45) is 5.10 Å². The van der Waals surface area contributed by atoms with Crippen molar-refractivity contribution in [1.82, 2.24) is 10.4 Å². The standard InChI is InChI=1S/C21H19Cl3N4O/c22-15-6-4-14(5-7-15)20-13-18(21(29)26-27-10-2-1-3-11-27)25-28(20)19-9-8-16(23)12-17(19)24/h2,4-10,12,20H,1,3,11,13H2,(H,26,29). The minimum absolute atomic E-state index is 0.177. The summed E-state index contributed by atoms with van der Waals surface area (Å²) >= 11 is 18.5. The molecule has 0 radical (unpaired) electrons. The third-order valence-corrected chi connectivity index (χ3v) is 5.67. The van der Waals surface area contributed by atoms with Crippen LogP contribution < -0.4 is 10.4 Å². The number of carbonyl (C=O) groups is 1. The number of nitrogens with one attached hydrogen (secondary N) is 1. The van der Waals surface area contributed by atoms with Gasteiger partial charge >= 0.3 is 0 Å². The summed E-state index contributed by atoms with van der Waals surface area (Å²) in [5.41, 5.74) is 5.03. The summed E-state index contributed by atoms with van der Waals surface area (Å²) in [7, 11) is 0. The second-order valence-electron chi connectivity index (χ2n) is 6.92. The molecule has 2 heterocycles. The van der Waals surface area contributed by atoms with Crippen molar-refractivity contribution in [2.45, 2.75) is 25.3 Å². The highest BCUT2D eigenvalue weighted by atomic mass is 35.5. The zero-order chi connectivity index (χ0) is 20.4. The van der Waals surface area contributed by atoms with Crippen LogP contribution in [0.3, 0.4) is 0 Å². The third kappa shape index (κ3) is 4.53. The van der Waals surface area contributed by atoms with Crippen LogP contribution in [0.1, 0.15) is 30.9 Å². The van der Waals surface area contributed by atoms with E-state index >= 15 is 0 Å². The van der Waals surface area contributed by atoms with Crippen LogP contribution >= 0.6 is 34.8 Å². The molecule has 1 amide bonds. The number of anilines is 1. The second kappa shape index (κ2) is 8.66. The molecule has 4 rings (SSSR count). The fourth-order valence-electron chi connectivity index (χ4n) is 3.43. The lowest BCUT2D eigenvalue weighted by Gasteiger charge is -2.25. The van der Waals surface area contributed by atoms with Gasteiger partial charge in [-0.25, -0.2) is 0 Å². The van der Waals surface area contributed by atoms with E-state index < -0.39 is 0 Å². The van der Waals surface area contributed by atoms with E-state index in [2.05, 4.69) is 10.5 Å². The van der Waals surface area contributed by atoms with Crippen LogP contribution in [-0.2, 0) is 4.79 Å². The molecule has 1 N–H and O–H groups in total. The summed E-state index contributed by atoms with van der Waals surface area (Å²) in [4.78, 5) is 12.8. The van der Waals surface area contributed by atoms with Gasteiger partial charge in [-0.05, 0) is 48.7 Å². The monoisotopic (exact) mass is 448 g/mol. The molecule has 2 aliphatic heterocycles. The molecule has 0 fully saturated rings. The normalized spacial score (nSPS) is 18.7. The Labute approximate surface area is 184 Å². The van der Waals surface area contributed by atoms with Crippen LogP contribution in [-0.4, -0.2) is 23.2 Å². The van der Waals surface area contributed by atoms with Crippen molar-refractivity contribution >= 4 is 52.1 Å². The van der Waals surface area contributed by atoms with Crippen LogP contribution in [0.5, 0.6) is 0 Å². The number of hydrazine groups is 1. The van der Waals surface area contributed by atoms with Gasteiger partial charge in [0.05, 0.1) is 16.8 Å². The van der Waals surface area contributed by atoms with Gasteiger partial charge in [-0.15, -0.1) is 0 Å². The Morgan fingerprint density at radius 2 is 1.83 bits per heavy atom. The van der Waals surface area contributed by atoms with Gasteiger partial charge in [-0.1, -0.05) is 53.0 Å². The number of hydrogen-bond donors (Lipinski definition) is 1. The molecule has 2 aromatic carbocycles. The van der Waals surface area contributed by atoms with Gasteiger partial charge in [-0.3, -0.25) is 20.2 Å². The molecule has 0 aromatic heterocycles. The maximum absolute atomic E-state index is 12.8. The molecular formula is C21H19Cl3N4O. The van der Waals surface area contributed by atoms with E-state index in [1.165, 1.54) is 0 Å². The predicted molar refractivity (Wildman–Crippen MR) is 118 cm³/mol. The first-order valence-electron chi connectivity index (χ1n) is 9.33. The quantitative estimate of drug-likeness (QED) is 0.661. The van der Waals surface area contributed by atoms with E-state index in [0.29, 0.717) is 32.9 Å². The van der Waals surface area contributed by atoms with Crippen LogP contribution in [0.15, 0.2) is 59.8 Å². The zero-order valence-electron chi connectivity index (χ0n) is 15.5. The van der Waals surface area contributed by atoms with Crippen LogP contribution in [0.4, 0.5) is 5.69 Å².